The molecule has 3 aromatic rings. The van der Waals surface area contributed by atoms with E-state index >= 15 is 0 Å². The molecule has 0 saturated carbocycles. The molecule has 190 valence electrons. The number of hydrogen-bond donors (Lipinski definition) is 2. The molecule has 2 bridgehead atoms. The Kier molecular flexibility index (Phi) is 6.92. The van der Waals surface area contributed by atoms with Crippen LogP contribution in [0.3, 0.4) is 0 Å². The largest absolute Gasteiger partial charge is 0.477 e. The minimum atomic E-state index is -4.82. The topological polar surface area (TPSA) is 152 Å². The second kappa shape index (κ2) is 9.65. The highest BCUT2D eigenvalue weighted by molar-refractivity contribution is 9.10. The zero-order valence-corrected chi connectivity index (χ0v) is 21.3. The van der Waals surface area contributed by atoms with E-state index in [1.54, 1.807) is 4.13 Å². The van der Waals surface area contributed by atoms with Gasteiger partial charge >= 0.3 is 22.1 Å². The molecule has 0 amide bonds. The molecule has 0 unspecified atom stereocenters. The number of alkyl halides is 1. The summed E-state index contributed by atoms with van der Waals surface area (Å²) in [5.41, 5.74) is 0.258. The van der Waals surface area contributed by atoms with Gasteiger partial charge in [-0.25, -0.2) is 26.7 Å². The van der Waals surface area contributed by atoms with Gasteiger partial charge in [-0.15, -0.1) is 0 Å². The number of hydrogen-bond acceptors (Lipinski definition) is 7. The number of aromatic carboxylic acids is 1. The molecule has 2 N–H and O–H groups in total. The Morgan fingerprint density at radius 3 is 2.53 bits per heavy atom. The van der Waals surface area contributed by atoms with E-state index in [9.17, 15) is 35.9 Å². The Labute approximate surface area is 213 Å². The molecule has 0 saturated heterocycles. The zero-order chi connectivity index (χ0) is 26.3. The molecule has 36 heavy (non-hydrogen) atoms. The number of carbonyl (C=O) groups excluding carboxylic acids is 1. The van der Waals surface area contributed by atoms with Crippen LogP contribution in [0.5, 0.6) is 5.75 Å². The van der Waals surface area contributed by atoms with Crippen molar-refractivity contribution in [3.8, 4) is 17.0 Å². The Hall–Kier alpha value is -3.27. The van der Waals surface area contributed by atoms with Crippen LogP contribution in [0.1, 0.15) is 10.5 Å². The van der Waals surface area contributed by atoms with Crippen LogP contribution in [0.4, 0.5) is 10.1 Å². The second-order valence-electron chi connectivity index (χ2n) is 7.46. The third-order valence-electron chi connectivity index (χ3n) is 5.15. The molecule has 0 atom stereocenters. The molecule has 0 aliphatic carbocycles. The molecule has 0 radical (unpaired) electrons. The van der Waals surface area contributed by atoms with E-state index in [1.165, 1.54) is 47.0 Å². The number of anilines is 1. The number of rotatable bonds is 8. The van der Waals surface area contributed by atoms with Crippen LogP contribution >= 0.6 is 15.9 Å². The fourth-order valence-corrected chi connectivity index (χ4v) is 7.11. The zero-order valence-electron chi connectivity index (χ0n) is 18.1. The summed E-state index contributed by atoms with van der Waals surface area (Å²) in [7, 11) is -9.53. The van der Waals surface area contributed by atoms with Crippen molar-refractivity contribution in [2.24, 2.45) is 0 Å². The van der Waals surface area contributed by atoms with Crippen molar-refractivity contribution in [3.05, 3.63) is 64.8 Å². The SMILES string of the molecule is O=C1CN(S(=O)(=O)NS(=O)(=O)c2cccc(-c3ccc(C(=O)O)n3CCF)c2)c2ccc(c(Br)c2)O1. The number of nitrogens with one attached hydrogen (secondary N) is 1. The maximum Gasteiger partial charge on any atom is 0.352 e. The van der Waals surface area contributed by atoms with Crippen molar-refractivity contribution >= 4 is 53.8 Å². The lowest BCUT2D eigenvalue weighted by Crippen LogP contribution is -2.47. The average molecular weight is 602 g/mol. The van der Waals surface area contributed by atoms with Gasteiger partial charge in [0.15, 0.2) is 0 Å². The van der Waals surface area contributed by atoms with Gasteiger partial charge in [-0.3, -0.25) is 0 Å². The molecular formula is C21H17BrFN3O8S2. The number of nitrogens with zero attached hydrogens (tertiary/aromatic N) is 2. The molecule has 0 spiro atoms. The molecule has 2 aromatic carbocycles. The number of carboxylic acids is 1. The Bertz CT molecular complexity index is 1590. The van der Waals surface area contributed by atoms with Gasteiger partial charge < -0.3 is 14.4 Å². The van der Waals surface area contributed by atoms with Crippen molar-refractivity contribution in [3.63, 3.8) is 0 Å². The molecular weight excluding hydrogens is 585 g/mol. The van der Waals surface area contributed by atoms with Crippen molar-refractivity contribution in [2.75, 3.05) is 17.5 Å². The lowest BCUT2D eigenvalue weighted by molar-refractivity contribution is -0.132. The predicted molar refractivity (Wildman–Crippen MR) is 129 cm³/mol. The number of esters is 1. The quantitative estimate of drug-likeness (QED) is 0.295. The fourth-order valence-electron chi connectivity index (χ4n) is 3.60. The standard InChI is InChI=1S/C21H17BrFN3O8S2/c22-16-11-14-4-7-19(16)34-20(27)12-26(14)36(32,33)24-35(30,31)15-3-1-2-13(10-15)17-5-6-18(21(28)29)25(17)9-8-23/h1-7,10-11,24H,8-9,12H2,(H,28,29). The summed E-state index contributed by atoms with van der Waals surface area (Å²) in [6.45, 7) is -1.93. The monoisotopic (exact) mass is 601 g/mol. The highest BCUT2D eigenvalue weighted by Crippen LogP contribution is 2.33. The maximum absolute atomic E-state index is 13.1. The minimum absolute atomic E-state index is 0.0176. The summed E-state index contributed by atoms with van der Waals surface area (Å²) in [6, 6.07) is 11.8. The first kappa shape index (κ1) is 25.8. The van der Waals surface area contributed by atoms with Crippen molar-refractivity contribution in [1.82, 2.24) is 8.69 Å². The molecule has 15 heteroatoms. The maximum atomic E-state index is 13.1. The first-order chi connectivity index (χ1) is 16.9. The molecule has 5 rings (SSSR count). The van der Waals surface area contributed by atoms with Gasteiger partial charge in [-0.1, -0.05) is 16.3 Å². The predicted octanol–water partition coefficient (Wildman–Crippen LogP) is 2.53. The van der Waals surface area contributed by atoms with Crippen LogP contribution < -0.4 is 13.2 Å². The van der Waals surface area contributed by atoms with Crippen LogP contribution in [0.15, 0.2) is 64.0 Å². The van der Waals surface area contributed by atoms with Gasteiger partial charge in [0.1, 0.15) is 24.7 Å². The summed E-state index contributed by atoms with van der Waals surface area (Å²) in [4.78, 5) is 23.1. The van der Waals surface area contributed by atoms with Crippen LogP contribution in [0, 0.1) is 0 Å². The Morgan fingerprint density at radius 1 is 1.11 bits per heavy atom. The third-order valence-corrected chi connectivity index (χ3v) is 9.29. The molecule has 2 aliphatic heterocycles. The lowest BCUT2D eigenvalue weighted by Gasteiger charge is -2.26. The Balaban J connectivity index is 1.70. The van der Waals surface area contributed by atoms with E-state index in [-0.39, 0.29) is 34.9 Å². The summed E-state index contributed by atoms with van der Waals surface area (Å²) in [6.07, 6.45) is 0. The van der Waals surface area contributed by atoms with Crippen molar-refractivity contribution in [2.45, 2.75) is 11.4 Å². The third kappa shape index (κ3) is 5.00. The van der Waals surface area contributed by atoms with E-state index < -0.39 is 50.3 Å². The van der Waals surface area contributed by atoms with Crippen LogP contribution in [0.25, 0.3) is 11.3 Å². The number of benzene rings is 2. The molecule has 11 nitrogen and oxygen atoms in total. The number of ether oxygens (including phenoxy) is 1. The summed E-state index contributed by atoms with van der Waals surface area (Å²) in [5.74, 6) is -2.04. The summed E-state index contributed by atoms with van der Waals surface area (Å²) < 4.78 is 74.0. The van der Waals surface area contributed by atoms with Gasteiger partial charge in [0.05, 0.1) is 21.6 Å². The van der Waals surface area contributed by atoms with E-state index in [0.29, 0.717) is 8.78 Å². The van der Waals surface area contributed by atoms with E-state index in [2.05, 4.69) is 15.9 Å². The smallest absolute Gasteiger partial charge is 0.352 e. The highest BCUT2D eigenvalue weighted by atomic mass is 79.9. The van der Waals surface area contributed by atoms with E-state index in [4.69, 9.17) is 4.74 Å². The van der Waals surface area contributed by atoms with E-state index in [0.717, 1.165) is 12.1 Å². The average Bonchev–Trinajstić information content (AvgIpc) is 3.21. The summed E-state index contributed by atoms with van der Waals surface area (Å²) >= 11 is 3.16. The molecule has 3 heterocycles. The number of sulfonamides is 1. The van der Waals surface area contributed by atoms with Crippen molar-refractivity contribution in [1.29, 1.82) is 0 Å². The Morgan fingerprint density at radius 2 is 1.86 bits per heavy atom. The van der Waals surface area contributed by atoms with Gasteiger partial charge in [0, 0.05) is 5.69 Å². The van der Waals surface area contributed by atoms with Crippen molar-refractivity contribution < 1.29 is 40.7 Å². The number of carbonyl (C=O) groups is 2. The molecule has 0 fully saturated rings. The first-order valence-corrected chi connectivity index (χ1v) is 13.8. The highest BCUT2D eigenvalue weighted by Gasteiger charge is 2.33. The molecule has 2 aliphatic rings. The lowest BCUT2D eigenvalue weighted by atomic mass is 10.1. The summed E-state index contributed by atoms with van der Waals surface area (Å²) in [5, 5.41) is 9.34. The fraction of sp³-hybridized carbons (Fsp3) is 0.143. The van der Waals surface area contributed by atoms with Crippen LogP contribution in [-0.2, 0) is 31.6 Å². The van der Waals surface area contributed by atoms with E-state index in [1.807, 2.05) is 0 Å². The number of aromatic nitrogens is 1. The van der Waals surface area contributed by atoms with Gasteiger partial charge in [-0.2, -0.15) is 8.42 Å². The van der Waals surface area contributed by atoms with Crippen LogP contribution in [0.2, 0.25) is 0 Å². The van der Waals surface area contributed by atoms with Gasteiger partial charge in [0.25, 0.3) is 10.0 Å². The minimum Gasteiger partial charge on any atom is -0.477 e. The van der Waals surface area contributed by atoms with Gasteiger partial charge in [0.2, 0.25) is 0 Å². The molecule has 1 aromatic heterocycles. The first-order valence-electron chi connectivity index (χ1n) is 10.1. The number of halogens is 2. The van der Waals surface area contributed by atoms with Crippen LogP contribution in [-0.4, -0.2) is 51.7 Å². The van der Waals surface area contributed by atoms with Gasteiger partial charge in [-0.05, 0) is 64.0 Å². The normalized spacial score (nSPS) is 13.8. The second-order valence-corrected chi connectivity index (χ2v) is 11.9. The number of carboxylic acid groups (broad SMARTS) is 1. The number of fused-ring (bicyclic) bond motifs is 5.